The fraction of sp³-hybridized carbons (Fsp3) is 0.0667. The Kier molecular flexibility index (Phi) is 3.30. The van der Waals surface area contributed by atoms with Crippen LogP contribution >= 0.6 is 0 Å². The van der Waals surface area contributed by atoms with Crippen molar-refractivity contribution in [3.8, 4) is 11.3 Å². The number of anilines is 1. The maximum absolute atomic E-state index is 11.4. The number of amides is 2. The van der Waals surface area contributed by atoms with Gasteiger partial charge in [-0.05, 0) is 24.3 Å². The summed E-state index contributed by atoms with van der Waals surface area (Å²) in [7, 11) is 0. The Balaban J connectivity index is 2.15. The smallest absolute Gasteiger partial charge is 0.252 e. The van der Waals surface area contributed by atoms with Gasteiger partial charge in [-0.25, -0.2) is 9.50 Å². The molecular formula is C15H12N5O2. The number of nitrogens with zero attached hydrogens (tertiary/aromatic N) is 3. The highest BCUT2D eigenvalue weighted by Crippen LogP contribution is 2.24. The van der Waals surface area contributed by atoms with Crippen LogP contribution < -0.4 is 11.1 Å². The largest absolute Gasteiger partial charge is 0.365 e. The van der Waals surface area contributed by atoms with E-state index < -0.39 is 5.91 Å². The van der Waals surface area contributed by atoms with Crippen molar-refractivity contribution < 1.29 is 9.59 Å². The standard InChI is InChI=1S/C15H12N5O2/c1-9(21)19-11-4-2-3-10(7-11)13-6-5-12(14(16)22)15-17-8-18-20(13)15/h2-7H,1H3,(H2,16,22)(H,19,21). The van der Waals surface area contributed by atoms with Crippen molar-refractivity contribution in [1.29, 1.82) is 0 Å². The maximum Gasteiger partial charge on any atom is 0.252 e. The van der Waals surface area contributed by atoms with Crippen LogP contribution in [-0.2, 0) is 4.79 Å². The Labute approximate surface area is 125 Å². The van der Waals surface area contributed by atoms with Gasteiger partial charge in [-0.2, -0.15) is 0 Å². The molecule has 3 rings (SSSR count). The molecule has 2 heterocycles. The number of fused-ring (bicyclic) bond motifs is 1. The number of hydrogen-bond donors (Lipinski definition) is 2. The number of hydrogen-bond acceptors (Lipinski definition) is 4. The zero-order valence-electron chi connectivity index (χ0n) is 11.7. The molecule has 0 bridgehead atoms. The van der Waals surface area contributed by atoms with Gasteiger partial charge >= 0.3 is 0 Å². The second kappa shape index (κ2) is 5.28. The molecular weight excluding hydrogens is 282 g/mol. The van der Waals surface area contributed by atoms with Gasteiger partial charge < -0.3 is 11.1 Å². The van der Waals surface area contributed by atoms with Crippen LogP contribution in [0.2, 0.25) is 0 Å². The number of carbonyl (C=O) groups is 2. The Bertz CT molecular complexity index is 885. The third-order valence-electron chi connectivity index (χ3n) is 3.12. The van der Waals surface area contributed by atoms with Gasteiger partial charge in [0.05, 0.1) is 11.3 Å². The lowest BCUT2D eigenvalue weighted by Gasteiger charge is -2.08. The second-order valence-electron chi connectivity index (χ2n) is 4.71. The number of carbonyl (C=O) groups excluding carboxylic acids is 2. The number of pyridine rings is 1. The first-order valence-corrected chi connectivity index (χ1v) is 6.50. The number of benzene rings is 1. The lowest BCUT2D eigenvalue weighted by Crippen LogP contribution is -2.13. The summed E-state index contributed by atoms with van der Waals surface area (Å²) in [5.74, 6) is -0.731. The van der Waals surface area contributed by atoms with Gasteiger partial charge in [0.1, 0.15) is 0 Å². The monoisotopic (exact) mass is 294 g/mol. The van der Waals surface area contributed by atoms with E-state index in [9.17, 15) is 9.59 Å². The SMILES string of the molecule is CC(=O)Nc1cccc(-c2ccc(C(N)=O)c3n[c]nn23)c1. The average Bonchev–Trinajstić information content (AvgIpc) is 2.94. The van der Waals surface area contributed by atoms with Crippen LogP contribution in [-0.4, -0.2) is 26.4 Å². The minimum atomic E-state index is -0.579. The van der Waals surface area contributed by atoms with Gasteiger partial charge in [-0.3, -0.25) is 9.59 Å². The fourth-order valence-electron chi connectivity index (χ4n) is 2.23. The van der Waals surface area contributed by atoms with Crippen molar-refractivity contribution in [2.75, 3.05) is 5.32 Å². The Morgan fingerprint density at radius 2 is 2.09 bits per heavy atom. The molecule has 1 radical (unpaired) electrons. The van der Waals surface area contributed by atoms with E-state index >= 15 is 0 Å². The highest BCUT2D eigenvalue weighted by molar-refractivity contribution is 5.99. The molecule has 109 valence electrons. The Morgan fingerprint density at radius 1 is 1.27 bits per heavy atom. The van der Waals surface area contributed by atoms with E-state index in [1.54, 1.807) is 18.2 Å². The lowest BCUT2D eigenvalue weighted by molar-refractivity contribution is -0.114. The molecule has 0 aliphatic rings. The van der Waals surface area contributed by atoms with Crippen LogP contribution in [0.3, 0.4) is 0 Å². The molecule has 0 fully saturated rings. The summed E-state index contributed by atoms with van der Waals surface area (Å²) in [6, 6.07) is 10.6. The first-order valence-electron chi connectivity index (χ1n) is 6.50. The van der Waals surface area contributed by atoms with Gasteiger partial charge in [0.2, 0.25) is 12.2 Å². The quantitative estimate of drug-likeness (QED) is 0.759. The predicted octanol–water partition coefficient (Wildman–Crippen LogP) is 1.25. The van der Waals surface area contributed by atoms with Crippen molar-refractivity contribution in [1.82, 2.24) is 14.6 Å². The van der Waals surface area contributed by atoms with E-state index in [2.05, 4.69) is 21.7 Å². The van der Waals surface area contributed by atoms with E-state index in [-0.39, 0.29) is 11.5 Å². The minimum Gasteiger partial charge on any atom is -0.365 e. The summed E-state index contributed by atoms with van der Waals surface area (Å²) >= 11 is 0. The second-order valence-corrected chi connectivity index (χ2v) is 4.71. The Hall–Kier alpha value is -3.22. The molecule has 1 aromatic carbocycles. The predicted molar refractivity (Wildman–Crippen MR) is 80.1 cm³/mol. The fourth-order valence-corrected chi connectivity index (χ4v) is 2.23. The zero-order chi connectivity index (χ0) is 15.7. The van der Waals surface area contributed by atoms with Crippen LogP contribution in [0.25, 0.3) is 16.9 Å². The molecule has 22 heavy (non-hydrogen) atoms. The molecule has 7 heteroatoms. The summed E-state index contributed by atoms with van der Waals surface area (Å²) < 4.78 is 1.49. The summed E-state index contributed by atoms with van der Waals surface area (Å²) in [4.78, 5) is 26.5. The van der Waals surface area contributed by atoms with Crippen LogP contribution in [0.4, 0.5) is 5.69 Å². The molecule has 0 saturated heterocycles. The molecule has 3 N–H and O–H groups in total. The van der Waals surface area contributed by atoms with Crippen LogP contribution in [0.1, 0.15) is 17.3 Å². The first kappa shape index (κ1) is 13.7. The van der Waals surface area contributed by atoms with Gasteiger partial charge in [0.15, 0.2) is 5.65 Å². The number of primary amides is 1. The highest BCUT2D eigenvalue weighted by Gasteiger charge is 2.13. The van der Waals surface area contributed by atoms with E-state index in [1.807, 2.05) is 18.2 Å². The van der Waals surface area contributed by atoms with Gasteiger partial charge in [-0.15, -0.1) is 5.10 Å². The Morgan fingerprint density at radius 3 is 2.82 bits per heavy atom. The maximum atomic E-state index is 11.4. The molecule has 0 aliphatic heterocycles. The topological polar surface area (TPSA) is 102 Å². The average molecular weight is 294 g/mol. The minimum absolute atomic E-state index is 0.152. The number of nitrogens with two attached hydrogens (primary N) is 1. The molecule has 3 aromatic rings. The summed E-state index contributed by atoms with van der Waals surface area (Å²) in [6.45, 7) is 1.44. The van der Waals surface area contributed by atoms with E-state index in [1.165, 1.54) is 11.4 Å². The van der Waals surface area contributed by atoms with Crippen molar-refractivity contribution in [2.24, 2.45) is 5.73 Å². The van der Waals surface area contributed by atoms with Gasteiger partial charge in [0.25, 0.3) is 5.91 Å². The molecule has 2 amide bonds. The summed E-state index contributed by atoms with van der Waals surface area (Å²) in [5.41, 5.74) is 8.13. The lowest BCUT2D eigenvalue weighted by atomic mass is 10.1. The van der Waals surface area contributed by atoms with Crippen LogP contribution in [0, 0.1) is 6.33 Å². The normalized spacial score (nSPS) is 10.6. The molecule has 0 unspecified atom stereocenters. The van der Waals surface area contributed by atoms with Crippen molar-refractivity contribution in [3.05, 3.63) is 48.3 Å². The molecule has 0 aliphatic carbocycles. The van der Waals surface area contributed by atoms with E-state index in [4.69, 9.17) is 5.73 Å². The number of rotatable bonds is 3. The summed E-state index contributed by atoms with van der Waals surface area (Å²) in [5, 5.41) is 6.73. The zero-order valence-corrected chi connectivity index (χ0v) is 11.7. The first-order chi connectivity index (χ1) is 10.6. The van der Waals surface area contributed by atoms with E-state index in [0.29, 0.717) is 17.0 Å². The van der Waals surface area contributed by atoms with Crippen LogP contribution in [0.5, 0.6) is 0 Å². The van der Waals surface area contributed by atoms with Crippen molar-refractivity contribution in [2.45, 2.75) is 6.92 Å². The summed E-state index contributed by atoms with van der Waals surface area (Å²) in [6.07, 6.45) is 2.48. The van der Waals surface area contributed by atoms with Crippen molar-refractivity contribution >= 4 is 23.1 Å². The highest BCUT2D eigenvalue weighted by atomic mass is 16.1. The number of nitrogens with one attached hydrogen (secondary N) is 1. The number of aromatic nitrogens is 3. The molecule has 0 spiro atoms. The molecule has 0 saturated carbocycles. The van der Waals surface area contributed by atoms with Gasteiger partial charge in [0, 0.05) is 18.2 Å². The molecule has 7 nitrogen and oxygen atoms in total. The van der Waals surface area contributed by atoms with Gasteiger partial charge in [-0.1, -0.05) is 12.1 Å². The van der Waals surface area contributed by atoms with Crippen molar-refractivity contribution in [3.63, 3.8) is 0 Å². The van der Waals surface area contributed by atoms with E-state index in [0.717, 1.165) is 5.56 Å². The molecule has 2 aromatic heterocycles. The third kappa shape index (κ3) is 2.39. The van der Waals surface area contributed by atoms with Crippen LogP contribution in [0.15, 0.2) is 36.4 Å². The third-order valence-corrected chi connectivity index (χ3v) is 3.12. The molecule has 0 atom stereocenters.